The van der Waals surface area contributed by atoms with Gasteiger partial charge >= 0.3 is 12.1 Å². The summed E-state index contributed by atoms with van der Waals surface area (Å²) in [7, 11) is 0. The van der Waals surface area contributed by atoms with E-state index in [0.29, 0.717) is 13.0 Å². The van der Waals surface area contributed by atoms with Crippen molar-refractivity contribution in [2.75, 3.05) is 19.7 Å². The van der Waals surface area contributed by atoms with Crippen molar-refractivity contribution >= 4 is 12.1 Å². The molecule has 0 aromatic heterocycles. The van der Waals surface area contributed by atoms with Crippen LogP contribution in [0.4, 0.5) is 4.79 Å². The van der Waals surface area contributed by atoms with Crippen LogP contribution >= 0.6 is 0 Å². The number of carboxylic acid groups (broad SMARTS) is 1. The predicted molar refractivity (Wildman–Crippen MR) is 64.1 cm³/mol. The van der Waals surface area contributed by atoms with Crippen molar-refractivity contribution in [3.05, 3.63) is 0 Å². The minimum atomic E-state index is -0.975. The van der Waals surface area contributed by atoms with Crippen molar-refractivity contribution in [1.29, 1.82) is 0 Å². The van der Waals surface area contributed by atoms with Crippen molar-refractivity contribution in [2.24, 2.45) is 11.8 Å². The predicted octanol–water partition coefficient (Wildman–Crippen LogP) is 0.936. The molecule has 0 spiro atoms. The number of hydrogen-bond donors (Lipinski definition) is 2. The number of piperidine rings is 1. The van der Waals surface area contributed by atoms with Crippen LogP contribution in [0.25, 0.3) is 0 Å². The Morgan fingerprint density at radius 1 is 1.39 bits per heavy atom. The number of ether oxygens (including phenoxy) is 1. The van der Waals surface area contributed by atoms with Gasteiger partial charge in [0.05, 0.1) is 6.10 Å². The molecule has 6 heteroatoms. The third-order valence-electron chi connectivity index (χ3n) is 3.19. The number of rotatable bonds is 4. The molecule has 18 heavy (non-hydrogen) atoms. The standard InChI is InChI=1S/C12H21NO5/c1-8(2)18-11(15)5-9-3-4-13(12(16)17)6-10(9)7-14/h8-10,14H,3-7H2,1-2H3,(H,16,17)/t9-,10?/m0/s1. The van der Waals surface area contributed by atoms with Gasteiger partial charge in [-0.2, -0.15) is 0 Å². The molecule has 6 nitrogen and oxygen atoms in total. The lowest BCUT2D eigenvalue weighted by molar-refractivity contribution is -0.149. The summed E-state index contributed by atoms with van der Waals surface area (Å²) in [4.78, 5) is 23.7. The maximum absolute atomic E-state index is 11.6. The maximum atomic E-state index is 11.6. The highest BCUT2D eigenvalue weighted by molar-refractivity contribution is 5.70. The van der Waals surface area contributed by atoms with E-state index in [1.54, 1.807) is 13.8 Å². The Kier molecular flexibility index (Phi) is 5.40. The molecular formula is C12H21NO5. The number of aliphatic hydroxyl groups excluding tert-OH is 1. The summed E-state index contributed by atoms with van der Waals surface area (Å²) in [6.07, 6.45) is -0.289. The lowest BCUT2D eigenvalue weighted by atomic mass is 9.84. The van der Waals surface area contributed by atoms with E-state index in [0.717, 1.165) is 0 Å². The van der Waals surface area contributed by atoms with Crippen molar-refractivity contribution in [2.45, 2.75) is 32.8 Å². The first-order valence-corrected chi connectivity index (χ1v) is 6.22. The van der Waals surface area contributed by atoms with Crippen molar-refractivity contribution < 1.29 is 24.5 Å². The summed E-state index contributed by atoms with van der Waals surface area (Å²) in [5.41, 5.74) is 0. The summed E-state index contributed by atoms with van der Waals surface area (Å²) >= 11 is 0. The summed E-state index contributed by atoms with van der Waals surface area (Å²) in [5, 5.41) is 18.2. The molecule has 1 amide bonds. The molecular weight excluding hydrogens is 238 g/mol. The second kappa shape index (κ2) is 6.58. The highest BCUT2D eigenvalue weighted by atomic mass is 16.5. The normalized spacial score (nSPS) is 24.1. The largest absolute Gasteiger partial charge is 0.465 e. The fraction of sp³-hybridized carbons (Fsp3) is 0.833. The number of nitrogens with zero attached hydrogens (tertiary/aromatic N) is 1. The third kappa shape index (κ3) is 4.18. The summed E-state index contributed by atoms with van der Waals surface area (Å²) in [6, 6.07) is 0. The first-order valence-electron chi connectivity index (χ1n) is 6.22. The van der Waals surface area contributed by atoms with Gasteiger partial charge in [-0.05, 0) is 26.2 Å². The van der Waals surface area contributed by atoms with E-state index in [1.165, 1.54) is 4.90 Å². The maximum Gasteiger partial charge on any atom is 0.407 e. The lowest BCUT2D eigenvalue weighted by Gasteiger charge is -2.36. The number of carbonyl (C=O) groups excluding carboxylic acids is 1. The zero-order chi connectivity index (χ0) is 13.7. The Bertz CT molecular complexity index is 305. The number of likely N-dealkylation sites (tertiary alicyclic amines) is 1. The minimum absolute atomic E-state index is 0.00292. The topological polar surface area (TPSA) is 87.1 Å². The van der Waals surface area contributed by atoms with Crippen LogP contribution in [0.5, 0.6) is 0 Å². The average Bonchev–Trinajstić information content (AvgIpc) is 2.27. The first kappa shape index (κ1) is 14.8. The van der Waals surface area contributed by atoms with E-state index >= 15 is 0 Å². The average molecular weight is 259 g/mol. The van der Waals surface area contributed by atoms with Crippen LogP contribution in [-0.4, -0.2) is 53.0 Å². The van der Waals surface area contributed by atoms with Crippen LogP contribution in [0.3, 0.4) is 0 Å². The van der Waals surface area contributed by atoms with Gasteiger partial charge in [0.1, 0.15) is 0 Å². The van der Waals surface area contributed by atoms with Gasteiger partial charge in [0, 0.05) is 32.0 Å². The molecule has 104 valence electrons. The summed E-state index contributed by atoms with van der Waals surface area (Å²) in [5.74, 6) is -0.469. The molecule has 0 saturated carbocycles. The molecule has 1 aliphatic heterocycles. The van der Waals surface area contributed by atoms with Gasteiger partial charge < -0.3 is 19.8 Å². The summed E-state index contributed by atoms with van der Waals surface area (Å²) < 4.78 is 5.07. The number of amides is 1. The third-order valence-corrected chi connectivity index (χ3v) is 3.19. The van der Waals surface area contributed by atoms with Crippen LogP contribution in [-0.2, 0) is 9.53 Å². The lowest BCUT2D eigenvalue weighted by Crippen LogP contribution is -2.45. The van der Waals surface area contributed by atoms with Crippen molar-refractivity contribution in [1.82, 2.24) is 4.90 Å². The van der Waals surface area contributed by atoms with Crippen molar-refractivity contribution in [3.63, 3.8) is 0 Å². The molecule has 0 aliphatic carbocycles. The van der Waals surface area contributed by atoms with Crippen LogP contribution < -0.4 is 0 Å². The van der Waals surface area contributed by atoms with Crippen LogP contribution in [0, 0.1) is 11.8 Å². The molecule has 1 aliphatic rings. The smallest absolute Gasteiger partial charge is 0.407 e. The van der Waals surface area contributed by atoms with Gasteiger partial charge in [-0.15, -0.1) is 0 Å². The SMILES string of the molecule is CC(C)OC(=O)C[C@@H]1CCN(C(=O)O)CC1CO. The van der Waals surface area contributed by atoms with Crippen LogP contribution in [0.2, 0.25) is 0 Å². The Morgan fingerprint density at radius 2 is 2.06 bits per heavy atom. The van der Waals surface area contributed by atoms with Crippen LogP contribution in [0.15, 0.2) is 0 Å². The fourth-order valence-electron chi connectivity index (χ4n) is 2.26. The molecule has 1 fully saturated rings. The summed E-state index contributed by atoms with van der Waals surface area (Å²) in [6.45, 7) is 4.16. The highest BCUT2D eigenvalue weighted by Gasteiger charge is 2.32. The minimum Gasteiger partial charge on any atom is -0.465 e. The molecule has 2 atom stereocenters. The Labute approximate surface area is 107 Å². The molecule has 0 bridgehead atoms. The van der Waals surface area contributed by atoms with E-state index in [4.69, 9.17) is 9.84 Å². The van der Waals surface area contributed by atoms with Gasteiger partial charge in [0.2, 0.25) is 0 Å². The van der Waals surface area contributed by atoms with Gasteiger partial charge in [0.25, 0.3) is 0 Å². The zero-order valence-electron chi connectivity index (χ0n) is 10.8. The second-order valence-corrected chi connectivity index (χ2v) is 4.96. The van der Waals surface area contributed by atoms with E-state index in [-0.39, 0.29) is 43.5 Å². The van der Waals surface area contributed by atoms with Crippen LogP contribution in [0.1, 0.15) is 26.7 Å². The highest BCUT2D eigenvalue weighted by Crippen LogP contribution is 2.26. The Hall–Kier alpha value is -1.30. The number of aliphatic hydroxyl groups is 1. The monoisotopic (exact) mass is 259 g/mol. The van der Waals surface area contributed by atoms with E-state index in [2.05, 4.69) is 0 Å². The molecule has 2 N–H and O–H groups in total. The molecule has 0 aromatic rings. The Morgan fingerprint density at radius 3 is 2.56 bits per heavy atom. The Balaban J connectivity index is 2.51. The second-order valence-electron chi connectivity index (χ2n) is 4.96. The van der Waals surface area contributed by atoms with Gasteiger partial charge in [-0.1, -0.05) is 0 Å². The molecule has 1 rings (SSSR count). The zero-order valence-corrected chi connectivity index (χ0v) is 10.8. The van der Waals surface area contributed by atoms with E-state index < -0.39 is 6.09 Å². The number of esters is 1. The van der Waals surface area contributed by atoms with Crippen molar-refractivity contribution in [3.8, 4) is 0 Å². The molecule has 1 unspecified atom stereocenters. The molecule has 0 radical (unpaired) electrons. The van der Waals surface area contributed by atoms with Gasteiger partial charge in [-0.3, -0.25) is 4.79 Å². The number of carbonyl (C=O) groups is 2. The molecule has 0 aromatic carbocycles. The first-order chi connectivity index (χ1) is 8.43. The van der Waals surface area contributed by atoms with E-state index in [9.17, 15) is 14.7 Å². The fourth-order valence-corrected chi connectivity index (χ4v) is 2.26. The molecule has 1 saturated heterocycles. The van der Waals surface area contributed by atoms with Gasteiger partial charge in [-0.25, -0.2) is 4.79 Å². The molecule has 1 heterocycles. The van der Waals surface area contributed by atoms with Gasteiger partial charge in [0.15, 0.2) is 0 Å². The number of hydrogen-bond acceptors (Lipinski definition) is 4. The van der Waals surface area contributed by atoms with E-state index in [1.807, 2.05) is 0 Å². The quantitative estimate of drug-likeness (QED) is 0.734.